The van der Waals surface area contributed by atoms with Crippen molar-refractivity contribution in [2.45, 2.75) is 12.8 Å². The van der Waals surface area contributed by atoms with Crippen molar-refractivity contribution in [1.82, 2.24) is 4.98 Å². The molecule has 0 saturated carbocycles. The Balaban J connectivity index is 0.000000354. The zero-order valence-electron chi connectivity index (χ0n) is 14.3. The van der Waals surface area contributed by atoms with Crippen LogP contribution in [-0.2, 0) is 32.6 Å². The van der Waals surface area contributed by atoms with E-state index >= 15 is 0 Å². The molecule has 2 aliphatic carbocycles. The van der Waals surface area contributed by atoms with Crippen molar-refractivity contribution in [3.63, 3.8) is 0 Å². The summed E-state index contributed by atoms with van der Waals surface area (Å²) in [4.78, 5) is 2.99. The number of aromatic nitrogens is 1. The van der Waals surface area contributed by atoms with Crippen LogP contribution in [-0.4, -0.2) is 4.98 Å². The fraction of sp³-hybridized carbons (Fsp3) is 0.0909. The summed E-state index contributed by atoms with van der Waals surface area (Å²) in [6.45, 7) is 0. The Morgan fingerprint density at radius 2 is 1.65 bits per heavy atom. The monoisotopic (exact) mass is 457 g/mol. The minimum atomic E-state index is 0. The number of fused-ring (bicyclic) bond motifs is 2. The molecule has 0 unspecified atom stereocenters. The molecule has 1 aromatic heterocycles. The second-order valence-electron chi connectivity index (χ2n) is 5.31. The van der Waals surface area contributed by atoms with Gasteiger partial charge in [-0.2, -0.15) is 17.5 Å². The number of rotatable bonds is 0. The van der Waals surface area contributed by atoms with Gasteiger partial charge in [-0.25, -0.2) is 12.2 Å². The number of nitrogens with one attached hydrogen (secondary N) is 1. The quantitative estimate of drug-likeness (QED) is 0.438. The maximum absolute atomic E-state index is 2.99. The number of aromatic amines is 1. The molecule has 4 heteroatoms. The molecule has 2 aliphatic rings. The molecule has 0 amide bonds. The van der Waals surface area contributed by atoms with Crippen LogP contribution >= 0.6 is 0 Å². The van der Waals surface area contributed by atoms with Crippen molar-refractivity contribution in [3.05, 3.63) is 102 Å². The summed E-state index contributed by atoms with van der Waals surface area (Å²) in [5, 5.41) is 1.22. The number of hydrogen-bond donors (Lipinski definition) is 1. The van der Waals surface area contributed by atoms with Gasteiger partial charge in [0.25, 0.3) is 0 Å². The average Bonchev–Trinajstić information content (AvgIpc) is 3.37. The molecule has 1 heterocycles. The summed E-state index contributed by atoms with van der Waals surface area (Å²) in [6, 6.07) is 18.6. The third-order valence-electron chi connectivity index (χ3n) is 3.67. The maximum Gasteiger partial charge on any atom is 4.00 e. The molecule has 0 saturated heterocycles. The van der Waals surface area contributed by atoms with Gasteiger partial charge >= 0.3 is 26.2 Å². The SMILES string of the molecule is C1=Cc2ccccc2C1.[C-]1=CC=CC1.[Cl-].[Cl-].[Zr+4].[c-]1cc2ccccc2[nH]1. The smallest absolute Gasteiger partial charge is 1.00 e. The third kappa shape index (κ3) is 7.50. The van der Waals surface area contributed by atoms with Crippen LogP contribution in [0.3, 0.4) is 0 Å². The second-order valence-corrected chi connectivity index (χ2v) is 5.31. The van der Waals surface area contributed by atoms with Gasteiger partial charge in [-0.05, 0) is 17.5 Å². The predicted octanol–water partition coefficient (Wildman–Crippen LogP) is -0.465. The van der Waals surface area contributed by atoms with Gasteiger partial charge in [0.15, 0.2) is 0 Å². The summed E-state index contributed by atoms with van der Waals surface area (Å²) < 4.78 is 0. The first-order valence-electron chi connectivity index (χ1n) is 7.83. The minimum absolute atomic E-state index is 0. The Morgan fingerprint density at radius 1 is 0.885 bits per heavy atom. The number of para-hydroxylation sites is 1. The molecule has 3 aromatic rings. The van der Waals surface area contributed by atoms with Gasteiger partial charge in [-0.15, -0.1) is 30.3 Å². The topological polar surface area (TPSA) is 15.8 Å². The van der Waals surface area contributed by atoms with E-state index in [4.69, 9.17) is 0 Å². The summed E-state index contributed by atoms with van der Waals surface area (Å²) in [5.74, 6) is 0. The molecule has 5 rings (SSSR count). The van der Waals surface area contributed by atoms with Crippen molar-refractivity contribution in [3.8, 4) is 0 Å². The molecule has 130 valence electrons. The van der Waals surface area contributed by atoms with Gasteiger partial charge in [0.1, 0.15) is 0 Å². The molecule has 0 radical (unpaired) electrons. The number of allylic oxidation sites excluding steroid dienone is 5. The third-order valence-corrected chi connectivity index (χ3v) is 3.67. The number of H-pyrrole nitrogens is 1. The van der Waals surface area contributed by atoms with Gasteiger partial charge in [0.05, 0.1) is 0 Å². The van der Waals surface area contributed by atoms with Crippen LogP contribution in [0.25, 0.3) is 17.0 Å². The van der Waals surface area contributed by atoms with Crippen molar-refractivity contribution < 1.29 is 51.0 Å². The van der Waals surface area contributed by atoms with E-state index in [0.717, 1.165) is 18.4 Å². The molecule has 1 nitrogen and oxygen atoms in total. The second kappa shape index (κ2) is 13.8. The van der Waals surface area contributed by atoms with Crippen LogP contribution in [0.15, 0.2) is 78.9 Å². The van der Waals surface area contributed by atoms with E-state index in [9.17, 15) is 0 Å². The number of benzene rings is 2. The average molecular weight is 460 g/mol. The molecule has 0 fully saturated rings. The van der Waals surface area contributed by atoms with Crippen LogP contribution in [0, 0.1) is 12.3 Å². The molecule has 0 aliphatic heterocycles. The van der Waals surface area contributed by atoms with Gasteiger partial charge < -0.3 is 29.8 Å². The molecular formula is C22H19Cl2NZr. The Hall–Kier alpha value is -1.34. The molecule has 26 heavy (non-hydrogen) atoms. The standard InChI is InChI=1S/C9H8.C8H6N.C5H5.2ClH.Zr/c1-2-5-9-7-3-6-8(9)4-1;1-2-4-8-7(3-1)5-6-9-8;1-2-4-5-3-1;;;/h1-6H,7H2;1-5,9H;1-3H,4H2;2*1H;/q;2*-1;;;+4/p-2. The summed E-state index contributed by atoms with van der Waals surface area (Å²) in [6.07, 6.45) is 18.4. The number of hydrogen-bond acceptors (Lipinski definition) is 0. The van der Waals surface area contributed by atoms with Gasteiger partial charge in [0, 0.05) is 0 Å². The Labute approximate surface area is 187 Å². The van der Waals surface area contributed by atoms with Gasteiger partial charge in [-0.3, -0.25) is 6.08 Å². The van der Waals surface area contributed by atoms with Crippen LogP contribution in [0.2, 0.25) is 0 Å². The van der Waals surface area contributed by atoms with Crippen molar-refractivity contribution in [2.75, 3.05) is 0 Å². The molecule has 0 bridgehead atoms. The summed E-state index contributed by atoms with van der Waals surface area (Å²) >= 11 is 0. The van der Waals surface area contributed by atoms with Crippen molar-refractivity contribution >= 4 is 17.0 Å². The first-order chi connectivity index (χ1) is 11.4. The summed E-state index contributed by atoms with van der Waals surface area (Å²) in [5.41, 5.74) is 3.99. The van der Waals surface area contributed by atoms with E-state index < -0.39 is 0 Å². The Morgan fingerprint density at radius 3 is 2.31 bits per heavy atom. The first-order valence-corrected chi connectivity index (χ1v) is 7.83. The molecular weight excluding hydrogens is 440 g/mol. The fourth-order valence-electron chi connectivity index (χ4n) is 2.46. The molecule has 1 N–H and O–H groups in total. The first kappa shape index (κ1) is 24.7. The van der Waals surface area contributed by atoms with Crippen molar-refractivity contribution in [1.29, 1.82) is 0 Å². The van der Waals surface area contributed by atoms with Crippen LogP contribution in [0.5, 0.6) is 0 Å². The Kier molecular flexibility index (Phi) is 13.1. The molecule has 0 atom stereocenters. The van der Waals surface area contributed by atoms with E-state index in [1.54, 1.807) is 0 Å². The molecule has 2 aromatic carbocycles. The van der Waals surface area contributed by atoms with E-state index in [1.165, 1.54) is 16.5 Å². The number of halogens is 2. The van der Waals surface area contributed by atoms with Crippen LogP contribution in [0.4, 0.5) is 0 Å². The fourth-order valence-corrected chi connectivity index (χ4v) is 2.46. The van der Waals surface area contributed by atoms with Crippen LogP contribution in [0.1, 0.15) is 17.5 Å². The van der Waals surface area contributed by atoms with E-state index in [-0.39, 0.29) is 51.0 Å². The van der Waals surface area contributed by atoms with Gasteiger partial charge in [-0.1, -0.05) is 48.6 Å². The predicted molar refractivity (Wildman–Crippen MR) is 97.9 cm³/mol. The normalized spacial score (nSPS) is 11.7. The largest absolute Gasteiger partial charge is 4.00 e. The van der Waals surface area contributed by atoms with E-state index in [0.29, 0.717) is 0 Å². The molecule has 0 spiro atoms. The van der Waals surface area contributed by atoms with E-state index in [1.807, 2.05) is 36.4 Å². The van der Waals surface area contributed by atoms with Crippen molar-refractivity contribution in [2.24, 2.45) is 0 Å². The zero-order valence-corrected chi connectivity index (χ0v) is 18.2. The Bertz CT molecular complexity index is 810. The minimum Gasteiger partial charge on any atom is -1.00 e. The summed E-state index contributed by atoms with van der Waals surface area (Å²) in [7, 11) is 0. The zero-order chi connectivity index (χ0) is 15.7. The maximum atomic E-state index is 2.99. The van der Waals surface area contributed by atoms with Gasteiger partial charge in [0.2, 0.25) is 0 Å². The van der Waals surface area contributed by atoms with Crippen LogP contribution < -0.4 is 24.8 Å². The van der Waals surface area contributed by atoms with E-state index in [2.05, 4.69) is 65.8 Å².